The van der Waals surface area contributed by atoms with Crippen LogP contribution in [0.25, 0.3) is 0 Å². The third-order valence-corrected chi connectivity index (χ3v) is 6.47. The molecule has 0 unspecified atom stereocenters. The van der Waals surface area contributed by atoms with Crippen LogP contribution in [-0.4, -0.2) is 29.4 Å². The molecule has 2 heterocycles. The van der Waals surface area contributed by atoms with Gasteiger partial charge in [0, 0.05) is 23.6 Å². The summed E-state index contributed by atoms with van der Waals surface area (Å²) >= 11 is 1.42. The van der Waals surface area contributed by atoms with Crippen molar-refractivity contribution in [2.45, 2.75) is 31.7 Å². The number of aromatic nitrogens is 1. The van der Waals surface area contributed by atoms with Crippen molar-refractivity contribution in [1.82, 2.24) is 4.57 Å². The minimum atomic E-state index is -0.162. The van der Waals surface area contributed by atoms with Crippen LogP contribution in [-0.2, 0) is 11.3 Å². The van der Waals surface area contributed by atoms with E-state index in [1.807, 2.05) is 66.9 Å². The highest BCUT2D eigenvalue weighted by atomic mass is 32.2. The van der Waals surface area contributed by atoms with Crippen LogP contribution in [0.3, 0.4) is 0 Å². The number of benzene rings is 2. The highest BCUT2D eigenvalue weighted by Gasteiger charge is 2.20. The van der Waals surface area contributed by atoms with Crippen LogP contribution in [0.1, 0.15) is 28.8 Å². The third-order valence-electron chi connectivity index (χ3n) is 5.47. The third kappa shape index (κ3) is 4.76. The Balaban J connectivity index is 1.49. The van der Waals surface area contributed by atoms with Crippen molar-refractivity contribution in [2.24, 2.45) is 0 Å². The Kier molecular flexibility index (Phi) is 6.72. The molecule has 2 aromatic carbocycles. The highest BCUT2D eigenvalue weighted by Crippen LogP contribution is 2.34. The Morgan fingerprint density at radius 3 is 2.62 bits per heavy atom. The van der Waals surface area contributed by atoms with Crippen molar-refractivity contribution in [3.63, 3.8) is 0 Å². The molecule has 32 heavy (non-hydrogen) atoms. The van der Waals surface area contributed by atoms with Gasteiger partial charge in [0.25, 0.3) is 0 Å². The average Bonchev–Trinajstić information content (AvgIpc) is 2.96. The van der Waals surface area contributed by atoms with E-state index in [-0.39, 0.29) is 11.7 Å². The number of rotatable bonds is 6. The first-order valence-electron chi connectivity index (χ1n) is 10.5. The number of nitriles is 1. The quantitative estimate of drug-likeness (QED) is 0.543. The fourth-order valence-electron chi connectivity index (χ4n) is 3.64. The van der Waals surface area contributed by atoms with Crippen LogP contribution in [0, 0.1) is 25.2 Å². The zero-order valence-electron chi connectivity index (χ0n) is 18.2. The second kappa shape index (κ2) is 9.84. The van der Waals surface area contributed by atoms with Gasteiger partial charge in [-0.05, 0) is 43.2 Å². The van der Waals surface area contributed by atoms with Gasteiger partial charge in [-0.15, -0.1) is 11.8 Å². The van der Waals surface area contributed by atoms with Crippen LogP contribution < -0.4 is 14.8 Å². The summed E-state index contributed by atoms with van der Waals surface area (Å²) < 4.78 is 13.4. The summed E-state index contributed by atoms with van der Waals surface area (Å²) in [5.41, 5.74) is 3.46. The number of amides is 1. The summed E-state index contributed by atoms with van der Waals surface area (Å²) in [5, 5.41) is 12.7. The molecule has 1 amide bonds. The van der Waals surface area contributed by atoms with E-state index in [2.05, 4.69) is 11.4 Å². The number of carbonyl (C=O) groups excluding carboxylic acids is 1. The van der Waals surface area contributed by atoms with Crippen molar-refractivity contribution in [3.05, 3.63) is 70.9 Å². The molecule has 0 radical (unpaired) electrons. The SMILES string of the molecule is Cc1c(C#N)c(NC(=O)CSc2ccc3c(c2)OCCCO3)n(Cc2ccccc2)c1C. The molecule has 1 aliphatic rings. The molecule has 0 atom stereocenters. The molecule has 1 N–H and O–H groups in total. The summed E-state index contributed by atoms with van der Waals surface area (Å²) in [6, 6.07) is 18.0. The molecule has 7 heteroatoms. The molecule has 0 fully saturated rings. The van der Waals surface area contributed by atoms with Gasteiger partial charge in [-0.2, -0.15) is 5.26 Å². The lowest BCUT2D eigenvalue weighted by molar-refractivity contribution is -0.113. The number of fused-ring (bicyclic) bond motifs is 1. The molecule has 0 saturated carbocycles. The fraction of sp³-hybridized carbons (Fsp3) is 0.280. The van der Waals surface area contributed by atoms with E-state index in [1.54, 1.807) is 0 Å². The summed E-state index contributed by atoms with van der Waals surface area (Å²) in [6.45, 7) is 5.74. The van der Waals surface area contributed by atoms with Crippen molar-refractivity contribution in [2.75, 3.05) is 24.3 Å². The lowest BCUT2D eigenvalue weighted by Crippen LogP contribution is -2.18. The van der Waals surface area contributed by atoms with E-state index in [9.17, 15) is 10.1 Å². The predicted molar refractivity (Wildman–Crippen MR) is 126 cm³/mol. The number of anilines is 1. The van der Waals surface area contributed by atoms with E-state index < -0.39 is 0 Å². The summed E-state index contributed by atoms with van der Waals surface area (Å²) in [4.78, 5) is 13.7. The molecule has 1 aliphatic heterocycles. The van der Waals surface area contributed by atoms with Gasteiger partial charge in [-0.1, -0.05) is 30.3 Å². The molecule has 3 aromatic rings. The monoisotopic (exact) mass is 447 g/mol. The van der Waals surface area contributed by atoms with E-state index in [0.29, 0.717) is 36.9 Å². The summed E-state index contributed by atoms with van der Waals surface area (Å²) in [7, 11) is 0. The first kappa shape index (κ1) is 21.8. The smallest absolute Gasteiger partial charge is 0.235 e. The number of hydrogen-bond donors (Lipinski definition) is 1. The molecule has 1 aromatic heterocycles. The lowest BCUT2D eigenvalue weighted by atomic mass is 10.2. The van der Waals surface area contributed by atoms with Gasteiger partial charge >= 0.3 is 0 Å². The molecular formula is C25H25N3O3S. The van der Waals surface area contributed by atoms with Crippen LogP contribution in [0.2, 0.25) is 0 Å². The molecule has 164 valence electrons. The lowest BCUT2D eigenvalue weighted by Gasteiger charge is -2.13. The van der Waals surface area contributed by atoms with Gasteiger partial charge in [0.2, 0.25) is 5.91 Å². The number of nitrogens with one attached hydrogen (secondary N) is 1. The van der Waals surface area contributed by atoms with E-state index in [4.69, 9.17) is 9.47 Å². The maximum absolute atomic E-state index is 12.8. The van der Waals surface area contributed by atoms with Gasteiger partial charge in [0.05, 0.1) is 24.5 Å². The standard InChI is InChI=1S/C25H25N3O3S/c1-17-18(2)28(15-19-7-4-3-5-8-19)25(21(17)14-26)27-24(29)16-32-20-9-10-22-23(13-20)31-12-6-11-30-22/h3-5,7-10,13H,6,11-12,15-16H2,1-2H3,(H,27,29). The second-order valence-corrected chi connectivity index (χ2v) is 8.66. The number of nitrogens with zero attached hydrogens (tertiary/aromatic N) is 2. The minimum absolute atomic E-state index is 0.162. The fourth-order valence-corrected chi connectivity index (χ4v) is 4.37. The Labute approximate surface area is 192 Å². The molecule has 6 nitrogen and oxygen atoms in total. The molecule has 0 bridgehead atoms. The number of hydrogen-bond acceptors (Lipinski definition) is 5. The zero-order chi connectivity index (χ0) is 22.5. The van der Waals surface area contributed by atoms with Gasteiger partial charge in [-0.3, -0.25) is 4.79 Å². The van der Waals surface area contributed by atoms with Crippen LogP contribution in [0.15, 0.2) is 53.4 Å². The van der Waals surface area contributed by atoms with Crippen LogP contribution in [0.5, 0.6) is 11.5 Å². The van der Waals surface area contributed by atoms with E-state index >= 15 is 0 Å². The maximum Gasteiger partial charge on any atom is 0.235 e. The van der Waals surface area contributed by atoms with Gasteiger partial charge in [-0.25, -0.2) is 0 Å². The second-order valence-electron chi connectivity index (χ2n) is 7.61. The first-order valence-corrected chi connectivity index (χ1v) is 11.5. The average molecular weight is 448 g/mol. The normalized spacial score (nSPS) is 12.7. The Bertz CT molecular complexity index is 1170. The van der Waals surface area contributed by atoms with Gasteiger partial charge < -0.3 is 19.4 Å². The largest absolute Gasteiger partial charge is 0.490 e. The summed E-state index contributed by atoms with van der Waals surface area (Å²) in [5.74, 6) is 2.06. The number of carbonyl (C=O) groups is 1. The molecule has 0 aliphatic carbocycles. The minimum Gasteiger partial charge on any atom is -0.490 e. The Morgan fingerprint density at radius 1 is 1.12 bits per heavy atom. The summed E-state index contributed by atoms with van der Waals surface area (Å²) in [6.07, 6.45) is 0.849. The molecular weight excluding hydrogens is 422 g/mol. The predicted octanol–water partition coefficient (Wildman–Crippen LogP) is 4.92. The first-order chi connectivity index (χ1) is 15.6. The molecule has 4 rings (SSSR count). The van der Waals surface area contributed by atoms with Crippen molar-refractivity contribution < 1.29 is 14.3 Å². The van der Waals surface area contributed by atoms with E-state index in [1.165, 1.54) is 11.8 Å². The Hall–Kier alpha value is -3.37. The topological polar surface area (TPSA) is 76.3 Å². The van der Waals surface area contributed by atoms with Crippen LogP contribution in [0.4, 0.5) is 5.82 Å². The van der Waals surface area contributed by atoms with Gasteiger partial charge in [0.1, 0.15) is 11.9 Å². The number of ether oxygens (including phenoxy) is 2. The molecule has 0 spiro atoms. The zero-order valence-corrected chi connectivity index (χ0v) is 19.0. The van der Waals surface area contributed by atoms with Gasteiger partial charge in [0.15, 0.2) is 11.5 Å². The van der Waals surface area contributed by atoms with Crippen molar-refractivity contribution in [1.29, 1.82) is 5.26 Å². The molecule has 0 saturated heterocycles. The van der Waals surface area contributed by atoms with E-state index in [0.717, 1.165) is 33.9 Å². The Morgan fingerprint density at radius 2 is 1.88 bits per heavy atom. The van der Waals surface area contributed by atoms with Crippen molar-refractivity contribution >= 4 is 23.5 Å². The number of thioether (sulfide) groups is 1. The van der Waals surface area contributed by atoms with Crippen LogP contribution >= 0.6 is 11.8 Å². The highest BCUT2D eigenvalue weighted by molar-refractivity contribution is 8.00. The maximum atomic E-state index is 12.8. The van der Waals surface area contributed by atoms with Crippen molar-refractivity contribution in [3.8, 4) is 17.6 Å².